The summed E-state index contributed by atoms with van der Waals surface area (Å²) in [5.74, 6) is -1.06. The van der Waals surface area contributed by atoms with Crippen molar-refractivity contribution in [1.82, 2.24) is 4.98 Å². The van der Waals surface area contributed by atoms with Gasteiger partial charge in [-0.2, -0.15) is 0 Å². The van der Waals surface area contributed by atoms with E-state index in [1.165, 1.54) is 6.20 Å². The van der Waals surface area contributed by atoms with Gasteiger partial charge in [0, 0.05) is 17.8 Å². The van der Waals surface area contributed by atoms with Crippen LogP contribution in [0.2, 0.25) is 0 Å². The molecule has 1 heterocycles. The normalized spacial score (nSPS) is 12.1. The molecule has 3 N–H and O–H groups in total. The molecule has 14 heavy (non-hydrogen) atoms. The first-order valence-electron chi connectivity index (χ1n) is 4.21. The summed E-state index contributed by atoms with van der Waals surface area (Å²) >= 11 is 0. The summed E-state index contributed by atoms with van der Waals surface area (Å²) in [6.45, 7) is 3.55. The summed E-state index contributed by atoms with van der Waals surface area (Å²) in [7, 11) is 0. The lowest BCUT2D eigenvalue weighted by atomic mass is 10.0. The number of hydrogen-bond donors (Lipinski definition) is 2. The molecule has 1 aromatic heterocycles. The highest BCUT2D eigenvalue weighted by atomic mass is 16.4. The van der Waals surface area contributed by atoms with E-state index in [9.17, 15) is 4.79 Å². The van der Waals surface area contributed by atoms with E-state index in [0.29, 0.717) is 12.0 Å². The third-order valence-electron chi connectivity index (χ3n) is 1.86. The SMILES string of the molecule is C=CCC(N)c1cccnc1C(=O)O. The fraction of sp³-hybridized carbons (Fsp3) is 0.200. The van der Waals surface area contributed by atoms with Crippen molar-refractivity contribution in [2.24, 2.45) is 5.73 Å². The molecule has 4 nitrogen and oxygen atoms in total. The lowest BCUT2D eigenvalue weighted by Gasteiger charge is -2.10. The number of carboxylic acids is 1. The number of aromatic carboxylic acids is 1. The zero-order valence-electron chi connectivity index (χ0n) is 7.68. The molecule has 0 aliphatic carbocycles. The molecule has 0 fully saturated rings. The second kappa shape index (κ2) is 4.53. The summed E-state index contributed by atoms with van der Waals surface area (Å²) in [4.78, 5) is 14.6. The Morgan fingerprint density at radius 1 is 1.79 bits per heavy atom. The Morgan fingerprint density at radius 2 is 2.50 bits per heavy atom. The summed E-state index contributed by atoms with van der Waals surface area (Å²) in [5.41, 5.74) is 6.33. The van der Waals surface area contributed by atoms with Crippen molar-refractivity contribution in [3.8, 4) is 0 Å². The highest BCUT2D eigenvalue weighted by molar-refractivity contribution is 5.87. The molecule has 0 saturated carbocycles. The average molecular weight is 192 g/mol. The monoisotopic (exact) mass is 192 g/mol. The minimum atomic E-state index is -1.06. The molecule has 1 aromatic rings. The first-order valence-corrected chi connectivity index (χ1v) is 4.21. The number of rotatable bonds is 4. The zero-order valence-corrected chi connectivity index (χ0v) is 7.68. The number of nitrogens with two attached hydrogens (primary N) is 1. The van der Waals surface area contributed by atoms with Crippen LogP contribution in [-0.4, -0.2) is 16.1 Å². The Morgan fingerprint density at radius 3 is 3.07 bits per heavy atom. The van der Waals surface area contributed by atoms with E-state index >= 15 is 0 Å². The van der Waals surface area contributed by atoms with Crippen LogP contribution in [0.5, 0.6) is 0 Å². The summed E-state index contributed by atoms with van der Waals surface area (Å²) in [6, 6.07) is 2.99. The third kappa shape index (κ3) is 2.17. The van der Waals surface area contributed by atoms with Crippen LogP contribution in [0.4, 0.5) is 0 Å². The lowest BCUT2D eigenvalue weighted by Crippen LogP contribution is -2.15. The van der Waals surface area contributed by atoms with Gasteiger partial charge in [0.15, 0.2) is 5.69 Å². The van der Waals surface area contributed by atoms with Gasteiger partial charge in [-0.15, -0.1) is 6.58 Å². The smallest absolute Gasteiger partial charge is 0.354 e. The van der Waals surface area contributed by atoms with Crippen molar-refractivity contribution in [2.45, 2.75) is 12.5 Å². The van der Waals surface area contributed by atoms with Crippen LogP contribution in [0.1, 0.15) is 28.5 Å². The van der Waals surface area contributed by atoms with Crippen molar-refractivity contribution in [1.29, 1.82) is 0 Å². The first kappa shape index (κ1) is 10.4. The van der Waals surface area contributed by atoms with Crippen molar-refractivity contribution < 1.29 is 9.90 Å². The number of hydrogen-bond acceptors (Lipinski definition) is 3. The minimum absolute atomic E-state index is 0.0156. The third-order valence-corrected chi connectivity index (χ3v) is 1.86. The van der Waals surface area contributed by atoms with Gasteiger partial charge in [0.05, 0.1) is 0 Å². The van der Waals surface area contributed by atoms with Crippen LogP contribution in [0.3, 0.4) is 0 Å². The van der Waals surface area contributed by atoms with E-state index in [-0.39, 0.29) is 11.7 Å². The molecule has 0 radical (unpaired) electrons. The molecule has 0 bridgehead atoms. The van der Waals surface area contributed by atoms with E-state index in [1.54, 1.807) is 18.2 Å². The van der Waals surface area contributed by atoms with Gasteiger partial charge in [-0.1, -0.05) is 12.1 Å². The van der Waals surface area contributed by atoms with Crippen LogP contribution < -0.4 is 5.73 Å². The van der Waals surface area contributed by atoms with Crippen LogP contribution >= 0.6 is 0 Å². The second-order valence-corrected chi connectivity index (χ2v) is 2.88. The van der Waals surface area contributed by atoms with E-state index in [0.717, 1.165) is 0 Å². The standard InChI is InChI=1S/C10H12N2O2/c1-2-4-8(11)7-5-3-6-12-9(7)10(13)14/h2-3,5-6,8H,1,4,11H2,(H,13,14). The molecule has 74 valence electrons. The summed E-state index contributed by atoms with van der Waals surface area (Å²) in [5, 5.41) is 8.84. The van der Waals surface area contributed by atoms with Crippen molar-refractivity contribution in [3.63, 3.8) is 0 Å². The Kier molecular flexibility index (Phi) is 3.36. The quantitative estimate of drug-likeness (QED) is 0.706. The fourth-order valence-electron chi connectivity index (χ4n) is 1.20. The molecule has 1 unspecified atom stereocenters. The molecule has 0 aliphatic heterocycles. The van der Waals surface area contributed by atoms with Gasteiger partial charge in [0.25, 0.3) is 0 Å². The van der Waals surface area contributed by atoms with E-state index in [2.05, 4.69) is 11.6 Å². The van der Waals surface area contributed by atoms with E-state index < -0.39 is 5.97 Å². The maximum absolute atomic E-state index is 10.8. The number of carbonyl (C=O) groups is 1. The number of aromatic nitrogens is 1. The first-order chi connectivity index (χ1) is 6.66. The van der Waals surface area contributed by atoms with E-state index in [1.807, 2.05) is 0 Å². The molecular formula is C10H12N2O2. The molecule has 0 amide bonds. The van der Waals surface area contributed by atoms with Crippen LogP contribution in [0, 0.1) is 0 Å². The Hall–Kier alpha value is -1.68. The number of pyridine rings is 1. The highest BCUT2D eigenvalue weighted by Gasteiger charge is 2.15. The zero-order chi connectivity index (χ0) is 10.6. The molecule has 4 heteroatoms. The summed E-state index contributed by atoms with van der Waals surface area (Å²) < 4.78 is 0. The Balaban J connectivity index is 3.06. The number of carboxylic acid groups (broad SMARTS) is 1. The maximum Gasteiger partial charge on any atom is 0.354 e. The van der Waals surface area contributed by atoms with Gasteiger partial charge < -0.3 is 10.8 Å². The molecular weight excluding hydrogens is 180 g/mol. The summed E-state index contributed by atoms with van der Waals surface area (Å²) in [6.07, 6.45) is 3.63. The van der Waals surface area contributed by atoms with Crippen LogP contribution in [0.15, 0.2) is 31.0 Å². The number of nitrogens with zero attached hydrogens (tertiary/aromatic N) is 1. The van der Waals surface area contributed by atoms with Gasteiger partial charge >= 0.3 is 5.97 Å². The average Bonchev–Trinajstić information content (AvgIpc) is 2.18. The Labute approximate surface area is 82.1 Å². The van der Waals surface area contributed by atoms with Crippen molar-refractivity contribution in [3.05, 3.63) is 42.2 Å². The van der Waals surface area contributed by atoms with Crippen LogP contribution in [-0.2, 0) is 0 Å². The van der Waals surface area contributed by atoms with Crippen LogP contribution in [0.25, 0.3) is 0 Å². The second-order valence-electron chi connectivity index (χ2n) is 2.88. The largest absolute Gasteiger partial charge is 0.477 e. The predicted molar refractivity (Wildman–Crippen MR) is 52.9 cm³/mol. The van der Waals surface area contributed by atoms with Gasteiger partial charge in [0.2, 0.25) is 0 Å². The molecule has 0 saturated heterocycles. The molecule has 0 spiro atoms. The van der Waals surface area contributed by atoms with Crippen molar-refractivity contribution >= 4 is 5.97 Å². The molecule has 0 aliphatic rings. The molecule has 1 atom stereocenters. The highest BCUT2D eigenvalue weighted by Crippen LogP contribution is 2.17. The topological polar surface area (TPSA) is 76.2 Å². The fourth-order valence-corrected chi connectivity index (χ4v) is 1.20. The van der Waals surface area contributed by atoms with E-state index in [4.69, 9.17) is 10.8 Å². The molecule has 0 aromatic carbocycles. The predicted octanol–water partition coefficient (Wildman–Crippen LogP) is 1.36. The van der Waals surface area contributed by atoms with Gasteiger partial charge in [-0.05, 0) is 12.5 Å². The maximum atomic E-state index is 10.8. The van der Waals surface area contributed by atoms with Gasteiger partial charge in [-0.3, -0.25) is 0 Å². The Bertz CT molecular complexity index is 350. The lowest BCUT2D eigenvalue weighted by molar-refractivity contribution is 0.0688. The van der Waals surface area contributed by atoms with Gasteiger partial charge in [-0.25, -0.2) is 9.78 Å². The van der Waals surface area contributed by atoms with Gasteiger partial charge in [0.1, 0.15) is 0 Å². The molecule has 1 rings (SSSR count). The minimum Gasteiger partial charge on any atom is -0.477 e. The van der Waals surface area contributed by atoms with Crippen molar-refractivity contribution in [2.75, 3.05) is 0 Å².